The van der Waals surface area contributed by atoms with Crippen molar-refractivity contribution in [1.82, 2.24) is 9.35 Å². The first-order valence-corrected chi connectivity index (χ1v) is 15.2. The second-order valence-electron chi connectivity index (χ2n) is 8.76. The van der Waals surface area contributed by atoms with Crippen LogP contribution in [0.25, 0.3) is 0 Å². The fraction of sp³-hybridized carbons (Fsp3) is 0.621. The molecular weight excluding hydrogens is 515 g/mol. The Morgan fingerprint density at radius 2 is 1.92 bits per heavy atom. The third-order valence-corrected chi connectivity index (χ3v) is 7.42. The van der Waals surface area contributed by atoms with E-state index in [1.807, 2.05) is 68.9 Å². The molecule has 10 heteroatoms. The highest BCUT2D eigenvalue weighted by Gasteiger charge is 2.32. The molecule has 0 N–H and O–H groups in total. The second-order valence-corrected chi connectivity index (χ2v) is 10.3. The standard InChI is InChI=1S/C29H49N4O5P/c1-8-13-15-16-17-22-36-39(33(21-14-9-2)25(6)29(34)35-12-5)37-23-27(10-3)38-26(7)28-19-18-20-32(28)31-24-30-11-4/h11,13,15-20,24-27H,8-10,12,14,21-23H2,1-7H3/b15-13-,17-16-,30-11?,31-24-. The van der Waals surface area contributed by atoms with E-state index in [-0.39, 0.29) is 18.2 Å². The van der Waals surface area contributed by atoms with Crippen molar-refractivity contribution in [2.45, 2.75) is 92.4 Å². The maximum atomic E-state index is 12.7. The van der Waals surface area contributed by atoms with Crippen molar-refractivity contribution in [2.24, 2.45) is 10.1 Å². The topological polar surface area (TPSA) is 86.9 Å². The fourth-order valence-corrected chi connectivity index (χ4v) is 5.05. The van der Waals surface area contributed by atoms with Crippen LogP contribution in [0.15, 0.2) is 52.7 Å². The van der Waals surface area contributed by atoms with E-state index in [2.05, 4.69) is 36.9 Å². The van der Waals surface area contributed by atoms with Gasteiger partial charge in [0.25, 0.3) is 8.53 Å². The molecule has 1 aromatic heterocycles. The number of nitrogens with zero attached hydrogens (tertiary/aromatic N) is 4. The zero-order valence-corrected chi connectivity index (χ0v) is 25.8. The van der Waals surface area contributed by atoms with Crippen LogP contribution in [0.4, 0.5) is 0 Å². The van der Waals surface area contributed by atoms with Gasteiger partial charge in [-0.05, 0) is 59.1 Å². The van der Waals surface area contributed by atoms with E-state index < -0.39 is 14.6 Å². The van der Waals surface area contributed by atoms with Crippen LogP contribution in [-0.4, -0.2) is 66.4 Å². The van der Waals surface area contributed by atoms with Crippen LogP contribution < -0.4 is 0 Å². The lowest BCUT2D eigenvalue weighted by Crippen LogP contribution is -2.38. The third kappa shape index (κ3) is 13.6. The number of hydrogen-bond donors (Lipinski definition) is 0. The summed E-state index contributed by atoms with van der Waals surface area (Å²) in [5, 5.41) is 4.35. The Bertz CT molecular complexity index is 902. The average molecular weight is 565 g/mol. The number of hydrogen-bond acceptors (Lipinski definition) is 7. The SMILES string of the molecule is CC=N/C=N\n1cccc1C(C)OC(CC)COP(OC/C=C\C=C/CC)N(CCCC)C(C)C(=O)OCC. The summed E-state index contributed by atoms with van der Waals surface area (Å²) in [6.45, 7) is 15.5. The van der Waals surface area contributed by atoms with Crippen LogP contribution in [-0.2, 0) is 23.3 Å². The molecule has 0 saturated heterocycles. The molecule has 0 aliphatic heterocycles. The van der Waals surface area contributed by atoms with E-state index in [1.54, 1.807) is 10.9 Å². The predicted octanol–water partition coefficient (Wildman–Crippen LogP) is 7.06. The van der Waals surface area contributed by atoms with Gasteiger partial charge in [-0.15, -0.1) is 0 Å². The summed E-state index contributed by atoms with van der Waals surface area (Å²) in [6, 6.07) is 3.42. The second kappa shape index (κ2) is 21.6. The van der Waals surface area contributed by atoms with Crippen LogP contribution >= 0.6 is 8.53 Å². The normalized spacial score (nSPS) is 15.7. The van der Waals surface area contributed by atoms with Gasteiger partial charge in [0.15, 0.2) is 0 Å². The van der Waals surface area contributed by atoms with E-state index in [9.17, 15) is 4.79 Å². The van der Waals surface area contributed by atoms with E-state index in [1.165, 1.54) is 6.34 Å². The number of carbonyl (C=O) groups excluding carboxylic acids is 1. The lowest BCUT2D eigenvalue weighted by Gasteiger charge is -2.33. The van der Waals surface area contributed by atoms with Crippen LogP contribution in [0, 0.1) is 0 Å². The zero-order valence-electron chi connectivity index (χ0n) is 24.9. The van der Waals surface area contributed by atoms with Gasteiger partial charge in [-0.2, -0.15) is 5.10 Å². The monoisotopic (exact) mass is 564 g/mol. The van der Waals surface area contributed by atoms with Gasteiger partial charge in [-0.1, -0.05) is 51.5 Å². The van der Waals surface area contributed by atoms with Gasteiger partial charge in [-0.25, -0.2) is 14.3 Å². The summed E-state index contributed by atoms with van der Waals surface area (Å²) < 4.78 is 28.1. The number of rotatable bonds is 21. The molecular formula is C29H49N4O5P. The van der Waals surface area contributed by atoms with Crippen LogP contribution in [0.5, 0.6) is 0 Å². The molecule has 0 amide bonds. The Morgan fingerprint density at radius 1 is 1.15 bits per heavy atom. The van der Waals surface area contributed by atoms with Gasteiger partial charge in [0.2, 0.25) is 0 Å². The summed E-state index contributed by atoms with van der Waals surface area (Å²) >= 11 is 0. The molecule has 0 saturated carbocycles. The highest BCUT2D eigenvalue weighted by molar-refractivity contribution is 7.44. The lowest BCUT2D eigenvalue weighted by molar-refractivity contribution is -0.147. The van der Waals surface area contributed by atoms with Crippen molar-refractivity contribution in [1.29, 1.82) is 0 Å². The van der Waals surface area contributed by atoms with Gasteiger partial charge in [0.05, 0.1) is 37.7 Å². The summed E-state index contributed by atoms with van der Waals surface area (Å²) in [7, 11) is -1.53. The molecule has 220 valence electrons. The molecule has 39 heavy (non-hydrogen) atoms. The van der Waals surface area contributed by atoms with Crippen molar-refractivity contribution >= 4 is 27.0 Å². The van der Waals surface area contributed by atoms with Crippen LogP contribution in [0.3, 0.4) is 0 Å². The van der Waals surface area contributed by atoms with E-state index in [0.29, 0.717) is 26.4 Å². The summed E-state index contributed by atoms with van der Waals surface area (Å²) in [5.74, 6) is -0.277. The molecule has 0 spiro atoms. The van der Waals surface area contributed by atoms with Gasteiger partial charge in [0, 0.05) is 19.0 Å². The average Bonchev–Trinajstić information content (AvgIpc) is 3.41. The first-order valence-electron chi connectivity index (χ1n) is 14.1. The predicted molar refractivity (Wildman–Crippen MR) is 161 cm³/mol. The minimum absolute atomic E-state index is 0.177. The number of carbonyl (C=O) groups is 1. The molecule has 0 bridgehead atoms. The quantitative estimate of drug-likeness (QED) is 0.0522. The molecule has 4 unspecified atom stereocenters. The molecule has 0 aliphatic rings. The van der Waals surface area contributed by atoms with Crippen molar-refractivity contribution in [3.8, 4) is 0 Å². The van der Waals surface area contributed by atoms with Gasteiger partial charge in [-0.3, -0.25) is 4.79 Å². The summed E-state index contributed by atoms with van der Waals surface area (Å²) in [6.07, 6.45) is 16.3. The smallest absolute Gasteiger partial charge is 0.323 e. The lowest BCUT2D eigenvalue weighted by atomic mass is 10.2. The number of esters is 1. The van der Waals surface area contributed by atoms with Crippen molar-refractivity contribution in [3.63, 3.8) is 0 Å². The molecule has 4 atom stereocenters. The molecule has 1 rings (SSSR count). The minimum Gasteiger partial charge on any atom is -0.465 e. The Morgan fingerprint density at radius 3 is 2.59 bits per heavy atom. The number of aliphatic imine (C=N–C) groups is 1. The molecule has 0 fully saturated rings. The van der Waals surface area contributed by atoms with Crippen molar-refractivity contribution in [2.75, 3.05) is 26.4 Å². The Kier molecular flexibility index (Phi) is 19.3. The van der Waals surface area contributed by atoms with E-state index in [0.717, 1.165) is 31.4 Å². The number of unbranched alkanes of at least 4 members (excludes halogenated alkanes) is 1. The van der Waals surface area contributed by atoms with E-state index >= 15 is 0 Å². The molecule has 0 aromatic carbocycles. The Labute approximate surface area is 236 Å². The van der Waals surface area contributed by atoms with Crippen LogP contribution in [0.2, 0.25) is 0 Å². The molecule has 9 nitrogen and oxygen atoms in total. The Balaban J connectivity index is 3.01. The van der Waals surface area contributed by atoms with Gasteiger partial charge >= 0.3 is 5.97 Å². The minimum atomic E-state index is -1.53. The number of allylic oxidation sites excluding steroid dienone is 3. The summed E-state index contributed by atoms with van der Waals surface area (Å²) in [5.41, 5.74) is 0.917. The molecule has 1 heterocycles. The molecule has 1 aromatic rings. The molecule has 0 radical (unpaired) electrons. The number of aromatic nitrogens is 1. The first kappa shape index (κ1) is 34.9. The van der Waals surface area contributed by atoms with Gasteiger partial charge in [0.1, 0.15) is 12.4 Å². The van der Waals surface area contributed by atoms with Gasteiger partial charge < -0.3 is 18.5 Å². The van der Waals surface area contributed by atoms with Crippen molar-refractivity contribution < 1.29 is 23.3 Å². The molecule has 0 aliphatic carbocycles. The maximum Gasteiger partial charge on any atom is 0.323 e. The third-order valence-electron chi connectivity index (χ3n) is 5.72. The number of ether oxygens (including phenoxy) is 2. The highest BCUT2D eigenvalue weighted by atomic mass is 31.2. The highest BCUT2D eigenvalue weighted by Crippen LogP contribution is 2.45. The largest absolute Gasteiger partial charge is 0.465 e. The fourth-order valence-electron chi connectivity index (χ4n) is 3.49. The van der Waals surface area contributed by atoms with Crippen LogP contribution in [0.1, 0.15) is 85.9 Å². The first-order chi connectivity index (χ1) is 18.9. The summed E-state index contributed by atoms with van der Waals surface area (Å²) in [4.78, 5) is 16.7. The van der Waals surface area contributed by atoms with Crippen molar-refractivity contribution in [3.05, 3.63) is 48.3 Å². The maximum absolute atomic E-state index is 12.7. The van der Waals surface area contributed by atoms with E-state index in [4.69, 9.17) is 18.5 Å². The Hall–Kier alpha value is -2.16. The zero-order chi connectivity index (χ0) is 28.9.